The first-order valence-corrected chi connectivity index (χ1v) is 11.0. The monoisotopic (exact) mass is 430 g/mol. The SMILES string of the molecule is COc1cccc(/C=C(/C#N)c2nc(-c3cccs3)cs2)c1OCc1ccccc1. The fourth-order valence-electron chi connectivity index (χ4n) is 2.92. The van der Waals surface area contributed by atoms with Crippen LogP contribution in [0.2, 0.25) is 0 Å². The summed E-state index contributed by atoms with van der Waals surface area (Å²) >= 11 is 3.09. The van der Waals surface area contributed by atoms with Crippen LogP contribution in [0, 0.1) is 11.3 Å². The normalized spacial score (nSPS) is 11.1. The Balaban J connectivity index is 1.66. The molecular weight excluding hydrogens is 412 g/mol. The van der Waals surface area contributed by atoms with E-state index in [2.05, 4.69) is 11.1 Å². The average molecular weight is 431 g/mol. The average Bonchev–Trinajstić information content (AvgIpc) is 3.49. The van der Waals surface area contributed by atoms with E-state index in [0.29, 0.717) is 28.7 Å². The summed E-state index contributed by atoms with van der Waals surface area (Å²) in [5.41, 5.74) is 3.20. The Morgan fingerprint density at radius 3 is 2.67 bits per heavy atom. The second kappa shape index (κ2) is 9.40. The predicted octanol–water partition coefficient (Wildman–Crippen LogP) is 6.52. The van der Waals surface area contributed by atoms with E-state index in [1.807, 2.05) is 71.4 Å². The first kappa shape index (κ1) is 19.9. The van der Waals surface area contributed by atoms with E-state index in [-0.39, 0.29) is 0 Å². The van der Waals surface area contributed by atoms with Crippen molar-refractivity contribution in [2.24, 2.45) is 0 Å². The molecule has 0 aliphatic carbocycles. The minimum atomic E-state index is 0.406. The number of aromatic nitrogens is 1. The van der Waals surface area contributed by atoms with Crippen LogP contribution in [0.15, 0.2) is 71.4 Å². The van der Waals surface area contributed by atoms with Crippen molar-refractivity contribution in [1.82, 2.24) is 4.98 Å². The number of nitriles is 1. The third kappa shape index (κ3) is 4.43. The molecule has 0 aliphatic heterocycles. The number of rotatable bonds is 7. The third-order valence-corrected chi connectivity index (χ3v) is 6.15. The number of ether oxygens (including phenoxy) is 2. The van der Waals surface area contributed by atoms with Gasteiger partial charge in [0.15, 0.2) is 11.5 Å². The molecule has 148 valence electrons. The Hall–Kier alpha value is -3.40. The molecule has 2 aromatic carbocycles. The molecule has 0 N–H and O–H groups in total. The van der Waals surface area contributed by atoms with Crippen LogP contribution in [0.3, 0.4) is 0 Å². The minimum absolute atomic E-state index is 0.406. The van der Waals surface area contributed by atoms with E-state index >= 15 is 0 Å². The number of hydrogen-bond acceptors (Lipinski definition) is 6. The summed E-state index contributed by atoms with van der Waals surface area (Å²) in [6.07, 6.45) is 1.81. The van der Waals surface area contributed by atoms with Gasteiger partial charge in [-0.1, -0.05) is 48.5 Å². The van der Waals surface area contributed by atoms with Gasteiger partial charge in [-0.25, -0.2) is 4.98 Å². The van der Waals surface area contributed by atoms with E-state index in [4.69, 9.17) is 9.47 Å². The van der Waals surface area contributed by atoms with Gasteiger partial charge in [0.2, 0.25) is 0 Å². The molecule has 4 aromatic rings. The zero-order valence-corrected chi connectivity index (χ0v) is 17.9. The molecule has 0 fully saturated rings. The van der Waals surface area contributed by atoms with Crippen molar-refractivity contribution < 1.29 is 9.47 Å². The topological polar surface area (TPSA) is 55.1 Å². The smallest absolute Gasteiger partial charge is 0.168 e. The maximum absolute atomic E-state index is 9.78. The number of thiophene rings is 1. The lowest BCUT2D eigenvalue weighted by atomic mass is 10.1. The van der Waals surface area contributed by atoms with E-state index < -0.39 is 0 Å². The van der Waals surface area contributed by atoms with Crippen LogP contribution < -0.4 is 9.47 Å². The zero-order chi connectivity index (χ0) is 20.8. The lowest BCUT2D eigenvalue weighted by Crippen LogP contribution is -1.99. The third-order valence-electron chi connectivity index (χ3n) is 4.38. The highest BCUT2D eigenvalue weighted by molar-refractivity contribution is 7.14. The molecule has 0 aliphatic rings. The number of hydrogen-bond donors (Lipinski definition) is 0. The van der Waals surface area contributed by atoms with Crippen molar-refractivity contribution in [1.29, 1.82) is 5.26 Å². The predicted molar refractivity (Wildman–Crippen MR) is 123 cm³/mol. The molecule has 2 heterocycles. The Morgan fingerprint density at radius 2 is 1.93 bits per heavy atom. The molecule has 6 heteroatoms. The summed E-state index contributed by atoms with van der Waals surface area (Å²) in [5, 5.41) is 14.5. The van der Waals surface area contributed by atoms with Gasteiger partial charge >= 0.3 is 0 Å². The van der Waals surface area contributed by atoms with Gasteiger partial charge in [0.05, 0.1) is 23.3 Å². The number of para-hydroxylation sites is 1. The van der Waals surface area contributed by atoms with Crippen LogP contribution in [0.25, 0.3) is 22.2 Å². The molecular formula is C24H18N2O2S2. The maximum Gasteiger partial charge on any atom is 0.168 e. The van der Waals surface area contributed by atoms with Crippen LogP contribution in [0.4, 0.5) is 0 Å². The molecule has 2 aromatic heterocycles. The van der Waals surface area contributed by atoms with Crippen LogP contribution in [-0.4, -0.2) is 12.1 Å². The highest BCUT2D eigenvalue weighted by atomic mass is 32.1. The summed E-state index contributed by atoms with van der Waals surface area (Å²) in [6.45, 7) is 0.406. The fourth-order valence-corrected chi connectivity index (χ4v) is 4.47. The first-order chi connectivity index (χ1) is 14.8. The molecule has 4 rings (SSSR count). The lowest BCUT2D eigenvalue weighted by Gasteiger charge is -2.13. The van der Waals surface area contributed by atoms with Gasteiger partial charge in [-0.15, -0.1) is 22.7 Å². The second-order valence-electron chi connectivity index (χ2n) is 6.34. The van der Waals surface area contributed by atoms with Crippen molar-refractivity contribution in [3.63, 3.8) is 0 Å². The van der Waals surface area contributed by atoms with Crippen molar-refractivity contribution >= 4 is 34.3 Å². The van der Waals surface area contributed by atoms with Gasteiger partial charge in [0, 0.05) is 10.9 Å². The Kier molecular flexibility index (Phi) is 6.23. The van der Waals surface area contributed by atoms with Gasteiger partial charge in [-0.05, 0) is 29.2 Å². The minimum Gasteiger partial charge on any atom is -0.493 e. The number of methoxy groups -OCH3 is 1. The van der Waals surface area contributed by atoms with Gasteiger partial charge in [-0.3, -0.25) is 0 Å². The van der Waals surface area contributed by atoms with Crippen molar-refractivity contribution in [3.05, 3.63) is 87.6 Å². The molecule has 0 saturated carbocycles. The Morgan fingerprint density at radius 1 is 1.07 bits per heavy atom. The zero-order valence-electron chi connectivity index (χ0n) is 16.2. The number of thiazole rings is 1. The lowest BCUT2D eigenvalue weighted by molar-refractivity contribution is 0.284. The molecule has 0 radical (unpaired) electrons. The molecule has 0 saturated heterocycles. The van der Waals surface area contributed by atoms with Crippen LogP contribution in [0.1, 0.15) is 16.1 Å². The van der Waals surface area contributed by atoms with Gasteiger partial charge in [-0.2, -0.15) is 5.26 Å². The van der Waals surface area contributed by atoms with E-state index in [9.17, 15) is 5.26 Å². The van der Waals surface area contributed by atoms with Gasteiger partial charge < -0.3 is 9.47 Å². The Bertz CT molecular complexity index is 1190. The van der Waals surface area contributed by atoms with Gasteiger partial charge in [0.1, 0.15) is 17.7 Å². The van der Waals surface area contributed by atoms with Gasteiger partial charge in [0.25, 0.3) is 0 Å². The van der Waals surface area contributed by atoms with E-state index in [1.54, 1.807) is 24.5 Å². The summed E-state index contributed by atoms with van der Waals surface area (Å²) in [6, 6.07) is 21.9. The fraction of sp³-hybridized carbons (Fsp3) is 0.0833. The molecule has 0 amide bonds. The van der Waals surface area contributed by atoms with E-state index in [1.165, 1.54) is 11.3 Å². The summed E-state index contributed by atoms with van der Waals surface area (Å²) < 4.78 is 11.6. The Labute approximate surface area is 183 Å². The summed E-state index contributed by atoms with van der Waals surface area (Å²) in [5.74, 6) is 1.22. The van der Waals surface area contributed by atoms with Crippen molar-refractivity contribution in [2.45, 2.75) is 6.61 Å². The highest BCUT2D eigenvalue weighted by Crippen LogP contribution is 2.35. The number of benzene rings is 2. The van der Waals surface area contributed by atoms with Crippen molar-refractivity contribution in [2.75, 3.05) is 7.11 Å². The molecule has 0 unspecified atom stereocenters. The van der Waals surface area contributed by atoms with E-state index in [0.717, 1.165) is 21.7 Å². The molecule has 30 heavy (non-hydrogen) atoms. The maximum atomic E-state index is 9.78. The van der Waals surface area contributed by atoms with Crippen molar-refractivity contribution in [3.8, 4) is 28.1 Å². The molecule has 4 nitrogen and oxygen atoms in total. The molecule has 0 atom stereocenters. The quantitative estimate of drug-likeness (QED) is 0.313. The van der Waals surface area contributed by atoms with Crippen LogP contribution in [-0.2, 0) is 6.61 Å². The van der Waals surface area contributed by atoms with Crippen LogP contribution >= 0.6 is 22.7 Å². The molecule has 0 bridgehead atoms. The standard InChI is InChI=1S/C24H18N2O2S2/c1-27-21-10-5-9-18(23(21)28-15-17-7-3-2-4-8-17)13-19(14-25)24-26-20(16-30-24)22-11-6-12-29-22/h2-13,16H,15H2,1H3/b19-13-. The summed E-state index contributed by atoms with van der Waals surface area (Å²) in [7, 11) is 1.61. The molecule has 0 spiro atoms. The van der Waals surface area contributed by atoms with Crippen LogP contribution in [0.5, 0.6) is 11.5 Å². The number of allylic oxidation sites excluding steroid dienone is 1. The second-order valence-corrected chi connectivity index (χ2v) is 8.14. The number of nitrogens with zero attached hydrogens (tertiary/aromatic N) is 2. The summed E-state index contributed by atoms with van der Waals surface area (Å²) in [4.78, 5) is 5.74. The highest BCUT2D eigenvalue weighted by Gasteiger charge is 2.14. The largest absolute Gasteiger partial charge is 0.493 e. The first-order valence-electron chi connectivity index (χ1n) is 9.24.